The Morgan fingerprint density at radius 2 is 1.87 bits per heavy atom. The number of ether oxygens (including phenoxy) is 2. The zero-order valence-corrected chi connectivity index (χ0v) is 18.7. The Bertz CT molecular complexity index is 909. The van der Waals surface area contributed by atoms with Crippen LogP contribution in [0.25, 0.3) is 0 Å². The lowest BCUT2D eigenvalue weighted by atomic mass is 9.91. The molecule has 1 aliphatic carbocycles. The predicted octanol–water partition coefficient (Wildman–Crippen LogP) is 2.73. The van der Waals surface area contributed by atoms with Crippen LogP contribution in [0, 0.1) is 0 Å². The van der Waals surface area contributed by atoms with E-state index in [1.165, 1.54) is 30.5 Å². The molecule has 5 rings (SSSR count). The molecule has 1 aromatic carbocycles. The van der Waals surface area contributed by atoms with Crippen LogP contribution in [0.2, 0.25) is 0 Å². The molecular weight excluding hydrogens is 390 g/mol. The number of nitrogens with zero attached hydrogens (tertiary/aromatic N) is 5. The predicted molar refractivity (Wildman–Crippen MR) is 121 cm³/mol. The SMILES string of the molecule is COc1ccc(OC)c(CN2CCc3nc(N4CCN(C5CCC5)CC4)ncc3C2)c1. The zero-order valence-electron chi connectivity index (χ0n) is 18.7. The summed E-state index contributed by atoms with van der Waals surface area (Å²) >= 11 is 0. The topological polar surface area (TPSA) is 54.0 Å². The second kappa shape index (κ2) is 9.01. The number of benzene rings is 1. The molecule has 2 aromatic rings. The second-order valence-electron chi connectivity index (χ2n) is 8.89. The Labute approximate surface area is 185 Å². The van der Waals surface area contributed by atoms with Crippen LogP contribution in [0.3, 0.4) is 0 Å². The van der Waals surface area contributed by atoms with E-state index in [1.807, 2.05) is 18.3 Å². The van der Waals surface area contributed by atoms with Crippen molar-refractivity contribution >= 4 is 5.95 Å². The van der Waals surface area contributed by atoms with E-state index in [1.54, 1.807) is 14.2 Å². The fourth-order valence-electron chi connectivity index (χ4n) is 4.94. The number of rotatable bonds is 6. The van der Waals surface area contributed by atoms with E-state index in [9.17, 15) is 0 Å². The molecule has 0 N–H and O–H groups in total. The van der Waals surface area contributed by atoms with Gasteiger partial charge >= 0.3 is 0 Å². The molecule has 0 bridgehead atoms. The molecule has 0 spiro atoms. The summed E-state index contributed by atoms with van der Waals surface area (Å²) in [5, 5.41) is 0. The van der Waals surface area contributed by atoms with Crippen molar-refractivity contribution in [2.45, 2.75) is 44.8 Å². The maximum atomic E-state index is 5.56. The van der Waals surface area contributed by atoms with Crippen molar-refractivity contribution in [3.63, 3.8) is 0 Å². The number of anilines is 1. The van der Waals surface area contributed by atoms with Gasteiger partial charge in [0.1, 0.15) is 11.5 Å². The van der Waals surface area contributed by atoms with E-state index in [0.717, 1.165) is 81.3 Å². The van der Waals surface area contributed by atoms with Gasteiger partial charge in [0, 0.05) is 75.6 Å². The minimum absolute atomic E-state index is 0.824. The van der Waals surface area contributed by atoms with E-state index in [2.05, 4.69) is 20.8 Å². The Balaban J connectivity index is 1.22. The Kier molecular flexibility index (Phi) is 5.96. The summed E-state index contributed by atoms with van der Waals surface area (Å²) < 4.78 is 11.0. The highest BCUT2D eigenvalue weighted by atomic mass is 16.5. The first kappa shape index (κ1) is 20.5. The summed E-state index contributed by atoms with van der Waals surface area (Å²) in [4.78, 5) is 17.2. The van der Waals surface area contributed by atoms with Gasteiger partial charge in [-0.25, -0.2) is 9.97 Å². The van der Waals surface area contributed by atoms with Crippen LogP contribution < -0.4 is 14.4 Å². The molecule has 1 aromatic heterocycles. The minimum atomic E-state index is 0.824. The fourth-order valence-corrected chi connectivity index (χ4v) is 4.94. The highest BCUT2D eigenvalue weighted by molar-refractivity contribution is 5.40. The van der Waals surface area contributed by atoms with Gasteiger partial charge in [-0.05, 0) is 31.0 Å². The molecule has 166 valence electrons. The third-order valence-electron chi connectivity index (χ3n) is 7.07. The normalized spacial score (nSPS) is 20.3. The molecule has 0 unspecified atom stereocenters. The van der Waals surface area contributed by atoms with Gasteiger partial charge < -0.3 is 14.4 Å². The minimum Gasteiger partial charge on any atom is -0.497 e. The lowest BCUT2D eigenvalue weighted by Crippen LogP contribution is -2.52. The molecule has 0 radical (unpaired) electrons. The molecule has 31 heavy (non-hydrogen) atoms. The number of hydrogen-bond donors (Lipinski definition) is 0. The van der Waals surface area contributed by atoms with Crippen LogP contribution in [-0.4, -0.2) is 72.8 Å². The maximum Gasteiger partial charge on any atom is 0.225 e. The highest BCUT2D eigenvalue weighted by Crippen LogP contribution is 2.29. The zero-order chi connectivity index (χ0) is 21.2. The van der Waals surface area contributed by atoms with Gasteiger partial charge in [-0.15, -0.1) is 0 Å². The van der Waals surface area contributed by atoms with Gasteiger partial charge in [-0.2, -0.15) is 0 Å². The van der Waals surface area contributed by atoms with Crippen molar-refractivity contribution in [2.75, 3.05) is 51.8 Å². The van der Waals surface area contributed by atoms with Crippen molar-refractivity contribution in [3.05, 3.63) is 41.2 Å². The van der Waals surface area contributed by atoms with Crippen LogP contribution in [0.5, 0.6) is 11.5 Å². The fraction of sp³-hybridized carbons (Fsp3) is 0.583. The lowest BCUT2D eigenvalue weighted by molar-refractivity contribution is 0.120. The Morgan fingerprint density at radius 3 is 2.58 bits per heavy atom. The van der Waals surface area contributed by atoms with E-state index in [-0.39, 0.29) is 0 Å². The van der Waals surface area contributed by atoms with Crippen LogP contribution in [0.1, 0.15) is 36.1 Å². The molecule has 2 fully saturated rings. The molecule has 1 saturated carbocycles. The first-order valence-corrected chi connectivity index (χ1v) is 11.5. The van der Waals surface area contributed by atoms with Crippen molar-refractivity contribution in [1.82, 2.24) is 19.8 Å². The van der Waals surface area contributed by atoms with E-state index >= 15 is 0 Å². The summed E-state index contributed by atoms with van der Waals surface area (Å²) in [5.74, 6) is 2.67. The standard InChI is InChI=1S/C24H33N5O2/c1-30-21-6-7-23(31-2)18(14-21)16-27-9-8-22-19(17-27)15-25-24(26-22)29-12-10-28(11-13-29)20-4-3-5-20/h6-7,14-15,20H,3-5,8-13,16-17H2,1-2H3. The van der Waals surface area contributed by atoms with E-state index in [0.29, 0.717) is 0 Å². The Morgan fingerprint density at radius 1 is 1.03 bits per heavy atom. The first-order chi connectivity index (χ1) is 15.2. The largest absolute Gasteiger partial charge is 0.497 e. The molecule has 1 saturated heterocycles. The molecule has 7 heteroatoms. The van der Waals surface area contributed by atoms with E-state index < -0.39 is 0 Å². The first-order valence-electron chi connectivity index (χ1n) is 11.5. The third-order valence-corrected chi connectivity index (χ3v) is 7.07. The highest BCUT2D eigenvalue weighted by Gasteiger charge is 2.29. The summed E-state index contributed by atoms with van der Waals surface area (Å²) in [6.07, 6.45) is 7.17. The lowest BCUT2D eigenvalue weighted by Gasteiger charge is -2.43. The summed E-state index contributed by atoms with van der Waals surface area (Å²) in [7, 11) is 3.42. The number of fused-ring (bicyclic) bond motifs is 1. The molecule has 3 aliphatic rings. The molecule has 0 atom stereocenters. The Hall–Kier alpha value is -2.38. The van der Waals surface area contributed by atoms with Crippen LogP contribution in [-0.2, 0) is 19.5 Å². The molecule has 3 heterocycles. The van der Waals surface area contributed by atoms with Crippen molar-refractivity contribution in [3.8, 4) is 11.5 Å². The molecule has 7 nitrogen and oxygen atoms in total. The van der Waals surface area contributed by atoms with Gasteiger partial charge in [0.2, 0.25) is 5.95 Å². The maximum absolute atomic E-state index is 5.56. The molecule has 0 amide bonds. The smallest absolute Gasteiger partial charge is 0.225 e. The average molecular weight is 424 g/mol. The van der Waals surface area contributed by atoms with Crippen molar-refractivity contribution in [2.24, 2.45) is 0 Å². The quantitative estimate of drug-likeness (QED) is 0.708. The number of aromatic nitrogens is 2. The van der Waals surface area contributed by atoms with Crippen LogP contribution >= 0.6 is 0 Å². The second-order valence-corrected chi connectivity index (χ2v) is 8.89. The number of piperazine rings is 1. The monoisotopic (exact) mass is 423 g/mol. The van der Waals surface area contributed by atoms with Crippen molar-refractivity contribution < 1.29 is 9.47 Å². The van der Waals surface area contributed by atoms with Crippen LogP contribution in [0.15, 0.2) is 24.4 Å². The summed E-state index contributed by atoms with van der Waals surface area (Å²) in [5.41, 5.74) is 3.59. The van der Waals surface area contributed by atoms with E-state index in [4.69, 9.17) is 19.4 Å². The van der Waals surface area contributed by atoms with Gasteiger partial charge in [0.05, 0.1) is 19.9 Å². The average Bonchev–Trinajstić information content (AvgIpc) is 2.78. The van der Waals surface area contributed by atoms with Gasteiger partial charge in [-0.1, -0.05) is 6.42 Å². The van der Waals surface area contributed by atoms with Gasteiger partial charge in [-0.3, -0.25) is 9.80 Å². The summed E-state index contributed by atoms with van der Waals surface area (Å²) in [6, 6.07) is 6.82. The number of methoxy groups -OCH3 is 2. The van der Waals surface area contributed by atoms with Gasteiger partial charge in [0.15, 0.2) is 0 Å². The summed E-state index contributed by atoms with van der Waals surface area (Å²) in [6.45, 7) is 7.03. The van der Waals surface area contributed by atoms with Crippen molar-refractivity contribution in [1.29, 1.82) is 0 Å². The third kappa shape index (κ3) is 4.34. The number of hydrogen-bond acceptors (Lipinski definition) is 7. The van der Waals surface area contributed by atoms with Gasteiger partial charge in [0.25, 0.3) is 0 Å². The molecular formula is C24H33N5O2. The van der Waals surface area contributed by atoms with Crippen LogP contribution in [0.4, 0.5) is 5.95 Å². The molecule has 2 aliphatic heterocycles.